The van der Waals surface area contributed by atoms with E-state index in [1.807, 2.05) is 45.9 Å². The molecular weight excluding hydrogens is 615 g/mol. The van der Waals surface area contributed by atoms with Crippen LogP contribution >= 0.6 is 0 Å². The van der Waals surface area contributed by atoms with Crippen molar-refractivity contribution in [1.82, 2.24) is 4.72 Å². The lowest BCUT2D eigenvalue weighted by molar-refractivity contribution is -0.137. The van der Waals surface area contributed by atoms with Crippen LogP contribution in [0.2, 0.25) is 0 Å². The fraction of sp³-hybridized carbons (Fsp3) is 0.314. The van der Waals surface area contributed by atoms with E-state index in [9.17, 15) is 32.1 Å². The lowest BCUT2D eigenvalue weighted by Gasteiger charge is -2.23. The predicted molar refractivity (Wildman–Crippen MR) is 170 cm³/mol. The summed E-state index contributed by atoms with van der Waals surface area (Å²) in [6.07, 6.45) is -4.13. The van der Waals surface area contributed by atoms with Crippen LogP contribution in [0.15, 0.2) is 65.6 Å². The van der Waals surface area contributed by atoms with Gasteiger partial charge in [-0.25, -0.2) is 13.1 Å². The van der Waals surface area contributed by atoms with Crippen LogP contribution in [0.1, 0.15) is 61.9 Å². The lowest BCUT2D eigenvalue weighted by atomic mass is 9.82. The number of rotatable bonds is 10. The monoisotopic (exact) mass is 649 g/mol. The molecule has 0 fully saturated rings. The molecule has 11 heteroatoms. The molecular formula is C35H34F3N3O4S. The van der Waals surface area contributed by atoms with Crippen molar-refractivity contribution < 1.29 is 31.1 Å². The van der Waals surface area contributed by atoms with Crippen LogP contribution < -0.4 is 9.46 Å². The molecule has 7 nitrogen and oxygen atoms in total. The number of benzene rings is 4. The molecule has 0 bridgehead atoms. The van der Waals surface area contributed by atoms with Gasteiger partial charge in [0.05, 0.1) is 21.6 Å². The van der Waals surface area contributed by atoms with Crippen LogP contribution in [0, 0.1) is 29.6 Å². The van der Waals surface area contributed by atoms with Gasteiger partial charge in [-0.05, 0) is 96.3 Å². The van der Waals surface area contributed by atoms with Gasteiger partial charge in [0.1, 0.15) is 23.6 Å². The van der Waals surface area contributed by atoms with Crippen LogP contribution in [-0.2, 0) is 26.4 Å². The summed E-state index contributed by atoms with van der Waals surface area (Å²) in [5.41, 5.74) is 0.0174. The highest BCUT2D eigenvalue weighted by Crippen LogP contribution is 2.45. The molecule has 0 amide bonds. The first-order valence-electron chi connectivity index (χ1n) is 14.6. The minimum atomic E-state index is -4.64. The van der Waals surface area contributed by atoms with E-state index < -0.39 is 27.2 Å². The third kappa shape index (κ3) is 7.68. The molecule has 1 N–H and O–H groups in total. The average Bonchev–Trinajstić information content (AvgIpc) is 2.98. The van der Waals surface area contributed by atoms with Crippen molar-refractivity contribution in [3.05, 3.63) is 88.5 Å². The zero-order chi connectivity index (χ0) is 33.9. The van der Waals surface area contributed by atoms with Crippen molar-refractivity contribution in [3.8, 4) is 34.8 Å². The Morgan fingerprint density at radius 3 is 2.20 bits per heavy atom. The number of halogens is 3. The van der Waals surface area contributed by atoms with E-state index >= 15 is 0 Å². The number of nitrogens with one attached hydrogen (secondary N) is 1. The largest absolute Gasteiger partial charge is 0.457 e. The van der Waals surface area contributed by atoms with E-state index in [0.717, 1.165) is 17.7 Å². The van der Waals surface area contributed by atoms with Gasteiger partial charge in [-0.1, -0.05) is 32.9 Å². The minimum Gasteiger partial charge on any atom is -0.457 e. The highest BCUT2D eigenvalue weighted by Gasteiger charge is 2.32. The molecule has 0 spiro atoms. The maximum absolute atomic E-state index is 13.9. The minimum absolute atomic E-state index is 0.0143. The van der Waals surface area contributed by atoms with Gasteiger partial charge >= 0.3 is 6.18 Å². The van der Waals surface area contributed by atoms with E-state index in [2.05, 4.69) is 4.72 Å². The molecule has 4 aromatic rings. The SMILES string of the molecule is CCOCCCNS(=O)(=O)c1ccc(Oc2cc(C(C)(C)C)cc3cc(C#N)c(C#N)c(-c4cc(C)cc(C(F)(F)F)c4)c23)cc1. The summed E-state index contributed by atoms with van der Waals surface area (Å²) in [4.78, 5) is 0.0233. The van der Waals surface area contributed by atoms with Crippen molar-refractivity contribution in [2.45, 2.75) is 57.5 Å². The van der Waals surface area contributed by atoms with Gasteiger partial charge in [0, 0.05) is 30.7 Å². The Bertz CT molecular complexity index is 1950. The Labute approximate surface area is 267 Å². The van der Waals surface area contributed by atoms with Crippen LogP contribution in [0.25, 0.3) is 21.9 Å². The van der Waals surface area contributed by atoms with Crippen molar-refractivity contribution in [1.29, 1.82) is 10.5 Å². The summed E-state index contributed by atoms with van der Waals surface area (Å²) < 4.78 is 81.4. The van der Waals surface area contributed by atoms with Gasteiger partial charge in [-0.15, -0.1) is 0 Å². The average molecular weight is 650 g/mol. The number of alkyl halides is 3. The fourth-order valence-corrected chi connectivity index (χ4v) is 6.10. The van der Waals surface area contributed by atoms with E-state index in [1.54, 1.807) is 6.07 Å². The van der Waals surface area contributed by atoms with Crippen molar-refractivity contribution in [2.75, 3.05) is 19.8 Å². The van der Waals surface area contributed by atoms with Gasteiger partial charge in [0.15, 0.2) is 0 Å². The third-order valence-corrected chi connectivity index (χ3v) is 8.79. The number of nitrogens with zero attached hydrogens (tertiary/aromatic N) is 2. The lowest BCUT2D eigenvalue weighted by Crippen LogP contribution is -2.25. The standard InChI is InChI=1S/C35H34F3N3O4S/c1-6-44-13-7-12-41-46(42,43)29-10-8-28(9-11-29)45-31-19-26(34(3,4)5)17-24-16-25(20-39)30(21-40)32(33(24)31)23-14-22(2)15-27(18-23)35(36,37)38/h8-11,14-19,41H,6-7,12-13H2,1-5H3. The molecule has 0 heterocycles. The quantitative estimate of drug-likeness (QED) is 0.173. The van der Waals surface area contributed by atoms with Crippen molar-refractivity contribution >= 4 is 20.8 Å². The second kappa shape index (κ2) is 13.5. The summed E-state index contributed by atoms with van der Waals surface area (Å²) in [6.45, 7) is 10.5. The number of sulfonamides is 1. The van der Waals surface area contributed by atoms with Crippen LogP contribution in [0.3, 0.4) is 0 Å². The van der Waals surface area contributed by atoms with Gasteiger partial charge in [-0.3, -0.25) is 0 Å². The first-order valence-corrected chi connectivity index (χ1v) is 16.1. The second-order valence-corrected chi connectivity index (χ2v) is 13.6. The molecule has 0 atom stereocenters. The first kappa shape index (κ1) is 34.5. The molecule has 0 aliphatic heterocycles. The van der Waals surface area contributed by atoms with E-state index in [4.69, 9.17) is 9.47 Å². The first-order chi connectivity index (χ1) is 21.6. The Morgan fingerprint density at radius 1 is 0.913 bits per heavy atom. The Balaban J connectivity index is 1.91. The molecule has 0 aliphatic carbocycles. The van der Waals surface area contributed by atoms with Crippen LogP contribution in [0.4, 0.5) is 13.2 Å². The summed E-state index contributed by atoms with van der Waals surface area (Å²) in [6, 6.07) is 18.4. The number of aryl methyl sites for hydroxylation is 1. The number of hydrogen-bond acceptors (Lipinski definition) is 6. The van der Waals surface area contributed by atoms with E-state index in [1.165, 1.54) is 43.3 Å². The number of hydrogen-bond donors (Lipinski definition) is 1. The van der Waals surface area contributed by atoms with E-state index in [-0.39, 0.29) is 45.2 Å². The van der Waals surface area contributed by atoms with Crippen LogP contribution in [0.5, 0.6) is 11.5 Å². The molecule has 4 rings (SSSR count). The zero-order valence-electron chi connectivity index (χ0n) is 26.2. The predicted octanol–water partition coefficient (Wildman–Crippen LogP) is 8.37. The maximum atomic E-state index is 13.9. The Kier molecular flexibility index (Phi) is 10.1. The highest BCUT2D eigenvalue weighted by molar-refractivity contribution is 7.89. The molecule has 0 radical (unpaired) electrons. The molecule has 46 heavy (non-hydrogen) atoms. The number of fused-ring (bicyclic) bond motifs is 1. The molecule has 0 saturated heterocycles. The van der Waals surface area contributed by atoms with Gasteiger partial charge in [-0.2, -0.15) is 23.7 Å². The van der Waals surface area contributed by atoms with Gasteiger partial charge < -0.3 is 9.47 Å². The fourth-order valence-electron chi connectivity index (χ4n) is 5.03. The molecule has 4 aromatic carbocycles. The molecule has 0 aliphatic rings. The summed E-state index contributed by atoms with van der Waals surface area (Å²) in [5, 5.41) is 21.0. The Hall–Kier alpha value is -4.42. The van der Waals surface area contributed by atoms with Gasteiger partial charge in [0.25, 0.3) is 0 Å². The zero-order valence-corrected chi connectivity index (χ0v) is 27.0. The van der Waals surface area contributed by atoms with Crippen LogP contribution in [-0.4, -0.2) is 28.2 Å². The number of ether oxygens (including phenoxy) is 2. The van der Waals surface area contributed by atoms with E-state index in [0.29, 0.717) is 36.0 Å². The third-order valence-electron chi connectivity index (χ3n) is 7.32. The highest BCUT2D eigenvalue weighted by atomic mass is 32.2. The normalized spacial score (nSPS) is 12.1. The molecule has 0 aromatic heterocycles. The molecule has 0 saturated carbocycles. The summed E-state index contributed by atoms with van der Waals surface area (Å²) in [7, 11) is -3.80. The maximum Gasteiger partial charge on any atom is 0.416 e. The smallest absolute Gasteiger partial charge is 0.416 e. The second-order valence-electron chi connectivity index (χ2n) is 11.8. The summed E-state index contributed by atoms with van der Waals surface area (Å²) in [5.74, 6) is 0.495. The van der Waals surface area contributed by atoms with Gasteiger partial charge in [0.2, 0.25) is 10.0 Å². The van der Waals surface area contributed by atoms with Crippen molar-refractivity contribution in [3.63, 3.8) is 0 Å². The Morgan fingerprint density at radius 2 is 1.61 bits per heavy atom. The number of nitriles is 2. The molecule has 0 unspecified atom stereocenters. The summed E-state index contributed by atoms with van der Waals surface area (Å²) >= 11 is 0. The topological polar surface area (TPSA) is 112 Å². The molecule has 240 valence electrons. The van der Waals surface area contributed by atoms with Crippen molar-refractivity contribution in [2.24, 2.45) is 0 Å².